The third-order valence-corrected chi connectivity index (χ3v) is 5.04. The van der Waals surface area contributed by atoms with Crippen LogP contribution in [0.3, 0.4) is 0 Å². The van der Waals surface area contributed by atoms with Gasteiger partial charge in [-0.3, -0.25) is 4.79 Å². The lowest BCUT2D eigenvalue weighted by atomic mass is 10.2. The first-order valence-corrected chi connectivity index (χ1v) is 9.08. The van der Waals surface area contributed by atoms with Gasteiger partial charge in [0.2, 0.25) is 0 Å². The predicted octanol–water partition coefficient (Wildman–Crippen LogP) is 2.80. The van der Waals surface area contributed by atoms with E-state index in [-0.39, 0.29) is 5.91 Å². The first-order chi connectivity index (χ1) is 13.1. The molecule has 1 aliphatic heterocycles. The summed E-state index contributed by atoms with van der Waals surface area (Å²) in [6.07, 6.45) is 5.44. The highest BCUT2D eigenvalue weighted by Gasteiger charge is 2.19. The van der Waals surface area contributed by atoms with E-state index in [2.05, 4.69) is 25.6 Å². The Balaban J connectivity index is 1.41. The van der Waals surface area contributed by atoms with E-state index < -0.39 is 0 Å². The molecule has 27 heavy (non-hydrogen) atoms. The molecule has 0 saturated heterocycles. The van der Waals surface area contributed by atoms with Gasteiger partial charge >= 0.3 is 0 Å². The fraction of sp³-hybridized carbons (Fsp3) is 0.235. The smallest absolute Gasteiger partial charge is 0.253 e. The van der Waals surface area contributed by atoms with E-state index in [1.807, 2.05) is 4.90 Å². The Bertz CT molecular complexity index is 998. The third kappa shape index (κ3) is 3.58. The Morgan fingerprint density at radius 3 is 3.00 bits per heavy atom. The van der Waals surface area contributed by atoms with Crippen LogP contribution < -0.4 is 10.6 Å². The summed E-state index contributed by atoms with van der Waals surface area (Å²) in [4.78, 5) is 26.3. The molecule has 0 aromatic carbocycles. The lowest BCUT2D eigenvalue weighted by molar-refractivity contribution is 0.0954. The number of rotatable bonds is 6. The number of imidazole rings is 1. The Kier molecular flexibility index (Phi) is 4.91. The third-order valence-electron chi connectivity index (χ3n) is 4.21. The Labute approximate surface area is 164 Å². The van der Waals surface area contributed by atoms with Crippen LogP contribution in [0.5, 0.6) is 0 Å². The molecule has 3 N–H and O–H groups in total. The van der Waals surface area contributed by atoms with Crippen molar-refractivity contribution < 1.29 is 9.21 Å². The molecule has 1 amide bonds. The van der Waals surface area contributed by atoms with Crippen molar-refractivity contribution in [3.05, 3.63) is 46.7 Å². The summed E-state index contributed by atoms with van der Waals surface area (Å²) in [6, 6.07) is 3.45. The number of aromatic amines is 1. The van der Waals surface area contributed by atoms with Gasteiger partial charge in [-0.25, -0.2) is 9.97 Å². The topological polar surface area (TPSA) is 99.1 Å². The highest BCUT2D eigenvalue weighted by molar-refractivity contribution is 6.38. The molecule has 0 spiro atoms. The van der Waals surface area contributed by atoms with Crippen molar-refractivity contribution in [1.29, 1.82) is 0 Å². The van der Waals surface area contributed by atoms with E-state index in [9.17, 15) is 4.79 Å². The van der Waals surface area contributed by atoms with Gasteiger partial charge in [0, 0.05) is 19.3 Å². The number of hydrogen-bond donors (Lipinski definition) is 3. The molecule has 140 valence electrons. The average Bonchev–Trinajstić information content (AvgIpc) is 3.40. The van der Waals surface area contributed by atoms with Crippen LogP contribution in [0.15, 0.2) is 45.6 Å². The normalized spacial score (nSPS) is 14.1. The molecule has 0 aliphatic carbocycles. The summed E-state index contributed by atoms with van der Waals surface area (Å²) in [5.41, 5.74) is 2.36. The van der Waals surface area contributed by atoms with Crippen molar-refractivity contribution >= 4 is 40.3 Å². The van der Waals surface area contributed by atoms with Crippen LogP contribution in [0.1, 0.15) is 16.8 Å². The molecule has 4 heterocycles. The lowest BCUT2D eigenvalue weighted by Gasteiger charge is -2.16. The van der Waals surface area contributed by atoms with E-state index in [1.165, 1.54) is 0 Å². The van der Waals surface area contributed by atoms with E-state index in [4.69, 9.17) is 27.6 Å². The molecule has 0 bridgehead atoms. The number of hydrogen-bond acceptors (Lipinski definition) is 6. The molecule has 3 aromatic heterocycles. The van der Waals surface area contributed by atoms with Gasteiger partial charge in [0.25, 0.3) is 5.91 Å². The summed E-state index contributed by atoms with van der Waals surface area (Å²) in [5, 5.41) is 6.82. The van der Waals surface area contributed by atoms with E-state index >= 15 is 0 Å². The number of fused-ring (bicyclic) bond motifs is 1. The molecule has 0 atom stereocenters. The molecule has 0 radical (unpaired) electrons. The average molecular weight is 407 g/mol. The highest BCUT2D eigenvalue weighted by atomic mass is 35.5. The SMILES string of the molecule is O=C(NCCCN1CNC(Cl)=C1Cl)c1ccnc2nc(-c3ccoc3)[nH]c12. The first-order valence-electron chi connectivity index (χ1n) is 8.33. The van der Waals surface area contributed by atoms with Crippen LogP contribution in [0, 0.1) is 0 Å². The number of nitrogens with zero attached hydrogens (tertiary/aromatic N) is 3. The number of nitrogens with one attached hydrogen (secondary N) is 3. The zero-order valence-electron chi connectivity index (χ0n) is 14.1. The maximum absolute atomic E-state index is 12.6. The van der Waals surface area contributed by atoms with Crippen molar-refractivity contribution in [2.24, 2.45) is 0 Å². The van der Waals surface area contributed by atoms with Gasteiger partial charge in [0.1, 0.15) is 22.4 Å². The number of furan rings is 1. The van der Waals surface area contributed by atoms with Crippen LogP contribution in [0.2, 0.25) is 0 Å². The molecule has 0 unspecified atom stereocenters. The first kappa shape index (κ1) is 17.7. The molecule has 3 aromatic rings. The van der Waals surface area contributed by atoms with E-state index in [0.717, 1.165) is 12.0 Å². The van der Waals surface area contributed by atoms with Crippen molar-refractivity contribution in [2.45, 2.75) is 6.42 Å². The summed E-state index contributed by atoms with van der Waals surface area (Å²) < 4.78 is 5.08. The van der Waals surface area contributed by atoms with E-state index in [0.29, 0.717) is 52.6 Å². The second-order valence-electron chi connectivity index (χ2n) is 5.97. The minimum absolute atomic E-state index is 0.191. The second kappa shape index (κ2) is 7.50. The number of carbonyl (C=O) groups excluding carboxylic acids is 1. The fourth-order valence-electron chi connectivity index (χ4n) is 2.83. The number of pyridine rings is 1. The number of amides is 1. The Hall–Kier alpha value is -2.71. The number of carbonyl (C=O) groups is 1. The summed E-state index contributed by atoms with van der Waals surface area (Å²) in [7, 11) is 0. The molecular weight excluding hydrogens is 391 g/mol. The van der Waals surface area contributed by atoms with Crippen LogP contribution in [-0.2, 0) is 0 Å². The number of H-pyrrole nitrogens is 1. The van der Waals surface area contributed by atoms with Crippen LogP contribution in [0.4, 0.5) is 0 Å². The van der Waals surface area contributed by atoms with E-state index in [1.54, 1.807) is 30.9 Å². The van der Waals surface area contributed by atoms with Gasteiger partial charge in [-0.15, -0.1) is 0 Å². The van der Waals surface area contributed by atoms with Gasteiger partial charge in [0.05, 0.1) is 29.6 Å². The van der Waals surface area contributed by atoms with Gasteiger partial charge in [-0.05, 0) is 18.6 Å². The minimum atomic E-state index is -0.191. The van der Waals surface area contributed by atoms with Crippen LogP contribution in [-0.4, -0.2) is 45.5 Å². The largest absolute Gasteiger partial charge is 0.472 e. The van der Waals surface area contributed by atoms with Crippen molar-refractivity contribution in [2.75, 3.05) is 19.8 Å². The van der Waals surface area contributed by atoms with Crippen molar-refractivity contribution in [1.82, 2.24) is 30.5 Å². The number of aromatic nitrogens is 3. The fourth-order valence-corrected chi connectivity index (χ4v) is 3.22. The second-order valence-corrected chi connectivity index (χ2v) is 6.70. The molecule has 4 rings (SSSR count). The van der Waals surface area contributed by atoms with Gasteiger partial charge < -0.3 is 24.9 Å². The lowest BCUT2D eigenvalue weighted by Crippen LogP contribution is -2.29. The molecule has 0 fully saturated rings. The maximum Gasteiger partial charge on any atom is 0.253 e. The molecular formula is C17H16Cl2N6O2. The summed E-state index contributed by atoms with van der Waals surface area (Å²) >= 11 is 12.0. The highest BCUT2D eigenvalue weighted by Crippen LogP contribution is 2.22. The van der Waals surface area contributed by atoms with Crippen molar-refractivity contribution in [3.8, 4) is 11.4 Å². The standard InChI is InChI=1S/C17H16Cl2N6O2/c18-13-14(19)25(9-22-13)6-1-4-21-17(26)11-2-5-20-16-12(11)23-15(24-16)10-3-7-27-8-10/h2-3,5,7-8,22H,1,4,6,9H2,(H,21,26)(H,20,23,24). The zero-order valence-corrected chi connectivity index (χ0v) is 15.6. The molecule has 10 heteroatoms. The van der Waals surface area contributed by atoms with Crippen LogP contribution in [0.25, 0.3) is 22.6 Å². The number of halogens is 2. The Morgan fingerprint density at radius 1 is 1.37 bits per heavy atom. The minimum Gasteiger partial charge on any atom is -0.472 e. The van der Waals surface area contributed by atoms with Crippen LogP contribution >= 0.6 is 23.2 Å². The van der Waals surface area contributed by atoms with Crippen molar-refractivity contribution in [3.63, 3.8) is 0 Å². The summed E-state index contributed by atoms with van der Waals surface area (Å²) in [5.74, 6) is 0.412. The van der Waals surface area contributed by atoms with Gasteiger partial charge in [-0.2, -0.15) is 0 Å². The molecule has 0 saturated carbocycles. The quantitative estimate of drug-likeness (QED) is 0.429. The zero-order chi connectivity index (χ0) is 18.8. The molecule has 1 aliphatic rings. The summed E-state index contributed by atoms with van der Waals surface area (Å²) in [6.45, 7) is 1.76. The Morgan fingerprint density at radius 2 is 2.26 bits per heavy atom. The molecule has 8 nitrogen and oxygen atoms in total. The monoisotopic (exact) mass is 406 g/mol. The van der Waals surface area contributed by atoms with Gasteiger partial charge in [0.15, 0.2) is 5.65 Å². The maximum atomic E-state index is 12.6. The predicted molar refractivity (Wildman–Crippen MR) is 102 cm³/mol. The van der Waals surface area contributed by atoms with Gasteiger partial charge in [-0.1, -0.05) is 23.2 Å².